The normalized spacial score (nSPS) is 12.1. The van der Waals surface area contributed by atoms with Gasteiger partial charge in [-0.15, -0.1) is 11.3 Å². The van der Waals surface area contributed by atoms with Crippen molar-refractivity contribution in [2.75, 3.05) is 0 Å². The van der Waals surface area contributed by atoms with Crippen LogP contribution in [0.25, 0.3) is 10.1 Å². The summed E-state index contributed by atoms with van der Waals surface area (Å²) >= 11 is 1.30. The van der Waals surface area contributed by atoms with E-state index in [0.717, 1.165) is 4.70 Å². The third-order valence-corrected chi connectivity index (χ3v) is 3.73. The van der Waals surface area contributed by atoms with E-state index in [4.69, 9.17) is 4.55 Å². The monoisotopic (exact) mass is 214 g/mol. The standard InChI is InChI=1S/C8H6O3S2/c9-13(10,11)8-5-12-7-4-2-1-3-6(7)8/h1-5H,(H,9,10,11). The number of benzene rings is 1. The number of hydrogen-bond donors (Lipinski definition) is 1. The first kappa shape index (κ1) is 8.68. The van der Waals surface area contributed by atoms with Crippen LogP contribution in [0.1, 0.15) is 0 Å². The molecule has 1 heterocycles. The molecule has 0 aliphatic carbocycles. The summed E-state index contributed by atoms with van der Waals surface area (Å²) in [6.45, 7) is 0. The first-order valence-electron chi connectivity index (χ1n) is 3.53. The van der Waals surface area contributed by atoms with Gasteiger partial charge in [-0.1, -0.05) is 18.2 Å². The average molecular weight is 214 g/mol. The maximum absolute atomic E-state index is 10.9. The molecule has 0 bridgehead atoms. The molecule has 0 unspecified atom stereocenters. The SMILES string of the molecule is O=S(=O)(O)c1csc2ccccc12. The zero-order valence-corrected chi connectivity index (χ0v) is 8.10. The maximum Gasteiger partial charge on any atom is 0.295 e. The van der Waals surface area contributed by atoms with Gasteiger partial charge in [0.15, 0.2) is 0 Å². The molecule has 2 aromatic rings. The highest BCUT2D eigenvalue weighted by atomic mass is 32.2. The highest BCUT2D eigenvalue weighted by Crippen LogP contribution is 2.28. The number of fused-ring (bicyclic) bond motifs is 1. The third-order valence-electron chi connectivity index (χ3n) is 1.72. The topological polar surface area (TPSA) is 54.4 Å². The Hall–Kier alpha value is -0.910. The smallest absolute Gasteiger partial charge is 0.282 e. The molecule has 1 aromatic carbocycles. The van der Waals surface area contributed by atoms with Crippen molar-refractivity contribution in [2.24, 2.45) is 0 Å². The second kappa shape index (κ2) is 2.80. The Morgan fingerprint density at radius 1 is 1.23 bits per heavy atom. The summed E-state index contributed by atoms with van der Waals surface area (Å²) in [5.41, 5.74) is 0. The van der Waals surface area contributed by atoms with Crippen LogP contribution >= 0.6 is 11.3 Å². The van der Waals surface area contributed by atoms with E-state index in [9.17, 15) is 8.42 Å². The van der Waals surface area contributed by atoms with Crippen molar-refractivity contribution in [2.45, 2.75) is 4.90 Å². The molecule has 68 valence electrons. The summed E-state index contributed by atoms with van der Waals surface area (Å²) in [6, 6.07) is 7.06. The molecule has 2 rings (SSSR count). The van der Waals surface area contributed by atoms with Crippen LogP contribution in [-0.4, -0.2) is 13.0 Å². The summed E-state index contributed by atoms with van der Waals surface area (Å²) in [7, 11) is -4.08. The molecule has 1 N–H and O–H groups in total. The molecule has 0 aliphatic rings. The lowest BCUT2D eigenvalue weighted by Gasteiger charge is -1.92. The Balaban J connectivity index is 2.87. The number of thiophene rings is 1. The van der Waals surface area contributed by atoms with Crippen LogP contribution in [0.5, 0.6) is 0 Å². The molecule has 0 saturated carbocycles. The van der Waals surface area contributed by atoms with Gasteiger partial charge in [-0.25, -0.2) is 0 Å². The summed E-state index contributed by atoms with van der Waals surface area (Å²) in [4.78, 5) is -0.00639. The van der Waals surface area contributed by atoms with E-state index in [-0.39, 0.29) is 4.90 Å². The van der Waals surface area contributed by atoms with E-state index in [0.29, 0.717) is 5.39 Å². The van der Waals surface area contributed by atoms with Gasteiger partial charge in [-0.3, -0.25) is 4.55 Å². The predicted octanol–water partition coefficient (Wildman–Crippen LogP) is 2.15. The van der Waals surface area contributed by atoms with E-state index in [1.807, 2.05) is 12.1 Å². The highest BCUT2D eigenvalue weighted by Gasteiger charge is 2.14. The van der Waals surface area contributed by atoms with Crippen molar-refractivity contribution in [1.82, 2.24) is 0 Å². The second-order valence-electron chi connectivity index (χ2n) is 2.57. The highest BCUT2D eigenvalue weighted by molar-refractivity contribution is 7.86. The molecule has 1 aromatic heterocycles. The molecule has 0 fully saturated rings. The van der Waals surface area contributed by atoms with Gasteiger partial charge in [0.05, 0.1) is 0 Å². The van der Waals surface area contributed by atoms with Gasteiger partial charge in [0, 0.05) is 15.5 Å². The molecule has 0 saturated heterocycles. The molecule has 3 nitrogen and oxygen atoms in total. The minimum atomic E-state index is -4.08. The Kier molecular flexibility index (Phi) is 1.87. The van der Waals surface area contributed by atoms with Gasteiger partial charge in [0.2, 0.25) is 0 Å². The zero-order valence-electron chi connectivity index (χ0n) is 6.47. The summed E-state index contributed by atoms with van der Waals surface area (Å²) in [5.74, 6) is 0. The van der Waals surface area contributed by atoms with Crippen molar-refractivity contribution in [1.29, 1.82) is 0 Å². The zero-order chi connectivity index (χ0) is 9.47. The van der Waals surface area contributed by atoms with Gasteiger partial charge >= 0.3 is 0 Å². The van der Waals surface area contributed by atoms with Crippen molar-refractivity contribution in [3.05, 3.63) is 29.6 Å². The fraction of sp³-hybridized carbons (Fsp3) is 0. The van der Waals surface area contributed by atoms with Crippen molar-refractivity contribution in [3.63, 3.8) is 0 Å². The van der Waals surface area contributed by atoms with Crippen LogP contribution in [-0.2, 0) is 10.1 Å². The van der Waals surface area contributed by atoms with Gasteiger partial charge < -0.3 is 0 Å². The number of rotatable bonds is 1. The molecule has 0 atom stereocenters. The minimum absolute atomic E-state index is 0.00639. The molecular weight excluding hydrogens is 208 g/mol. The lowest BCUT2D eigenvalue weighted by Crippen LogP contribution is -1.95. The Morgan fingerprint density at radius 3 is 2.62 bits per heavy atom. The summed E-state index contributed by atoms with van der Waals surface area (Å²) < 4.78 is 31.5. The first-order chi connectivity index (χ1) is 6.09. The van der Waals surface area contributed by atoms with Crippen LogP contribution in [0.4, 0.5) is 0 Å². The fourth-order valence-electron chi connectivity index (χ4n) is 1.15. The summed E-state index contributed by atoms with van der Waals surface area (Å²) in [5, 5.41) is 2.02. The molecule has 0 radical (unpaired) electrons. The van der Waals surface area contributed by atoms with E-state index in [1.54, 1.807) is 12.1 Å². The molecule has 0 amide bonds. The molecular formula is C8H6O3S2. The van der Waals surface area contributed by atoms with Crippen molar-refractivity contribution >= 4 is 31.5 Å². The van der Waals surface area contributed by atoms with Gasteiger partial charge in [-0.05, 0) is 6.07 Å². The van der Waals surface area contributed by atoms with E-state index in [1.165, 1.54) is 16.7 Å². The number of hydrogen-bond acceptors (Lipinski definition) is 3. The van der Waals surface area contributed by atoms with Gasteiger partial charge in [-0.2, -0.15) is 8.42 Å². The first-order valence-corrected chi connectivity index (χ1v) is 5.85. The van der Waals surface area contributed by atoms with Crippen LogP contribution < -0.4 is 0 Å². The van der Waals surface area contributed by atoms with Crippen LogP contribution in [0, 0.1) is 0 Å². The second-order valence-corrected chi connectivity index (χ2v) is 4.87. The molecule has 5 heteroatoms. The summed E-state index contributed by atoms with van der Waals surface area (Å²) in [6.07, 6.45) is 0. The quantitative estimate of drug-likeness (QED) is 0.740. The Labute approximate surface area is 79.4 Å². The Morgan fingerprint density at radius 2 is 1.92 bits per heavy atom. The van der Waals surface area contributed by atoms with Gasteiger partial charge in [0.25, 0.3) is 10.1 Å². The van der Waals surface area contributed by atoms with Crippen molar-refractivity contribution < 1.29 is 13.0 Å². The third kappa shape index (κ3) is 1.46. The lowest BCUT2D eigenvalue weighted by molar-refractivity contribution is 0.484. The maximum atomic E-state index is 10.9. The molecule has 13 heavy (non-hydrogen) atoms. The largest absolute Gasteiger partial charge is 0.295 e. The van der Waals surface area contributed by atoms with E-state index >= 15 is 0 Å². The van der Waals surface area contributed by atoms with Crippen LogP contribution in [0.2, 0.25) is 0 Å². The lowest BCUT2D eigenvalue weighted by atomic mass is 10.3. The van der Waals surface area contributed by atoms with E-state index < -0.39 is 10.1 Å². The molecule has 0 aliphatic heterocycles. The van der Waals surface area contributed by atoms with Gasteiger partial charge in [0.1, 0.15) is 4.90 Å². The van der Waals surface area contributed by atoms with Crippen molar-refractivity contribution in [3.8, 4) is 0 Å². The average Bonchev–Trinajstić information content (AvgIpc) is 2.45. The molecule has 0 spiro atoms. The predicted molar refractivity (Wildman–Crippen MR) is 51.6 cm³/mol. The van der Waals surface area contributed by atoms with E-state index in [2.05, 4.69) is 0 Å². The minimum Gasteiger partial charge on any atom is -0.282 e. The Bertz CT molecular complexity index is 539. The van der Waals surface area contributed by atoms with Crippen LogP contribution in [0.15, 0.2) is 34.5 Å². The van der Waals surface area contributed by atoms with Crippen LogP contribution in [0.3, 0.4) is 0 Å². The fourth-order valence-corrected chi connectivity index (χ4v) is 3.13.